The van der Waals surface area contributed by atoms with Gasteiger partial charge in [-0.05, 0) is 42.6 Å². The van der Waals surface area contributed by atoms with Crippen molar-refractivity contribution in [2.45, 2.75) is 64.8 Å². The Labute approximate surface area is 125 Å². The summed E-state index contributed by atoms with van der Waals surface area (Å²) in [5.74, 6) is 2.42. The number of hydrogen-bond acceptors (Lipinski definition) is 1. The lowest BCUT2D eigenvalue weighted by molar-refractivity contribution is 0.337. The van der Waals surface area contributed by atoms with Crippen molar-refractivity contribution in [3.8, 4) is 0 Å². The van der Waals surface area contributed by atoms with E-state index in [-0.39, 0.29) is 0 Å². The minimum absolute atomic E-state index is 0.611. The molecule has 1 aromatic rings. The van der Waals surface area contributed by atoms with Gasteiger partial charge in [0.2, 0.25) is 0 Å². The predicted octanol–water partition coefficient (Wildman–Crippen LogP) is 4.98. The SMILES string of the molecule is CC(CNC1CCCC(C(C)C)CC1)c1ccccc1. The van der Waals surface area contributed by atoms with Crippen LogP contribution in [-0.4, -0.2) is 12.6 Å². The maximum Gasteiger partial charge on any atom is 0.00674 e. The Morgan fingerprint density at radius 2 is 1.75 bits per heavy atom. The maximum atomic E-state index is 3.82. The van der Waals surface area contributed by atoms with Gasteiger partial charge in [-0.3, -0.25) is 0 Å². The third kappa shape index (κ3) is 4.63. The molecule has 0 spiro atoms. The molecule has 0 heterocycles. The van der Waals surface area contributed by atoms with E-state index in [9.17, 15) is 0 Å². The Kier molecular flexibility index (Phi) is 6.09. The van der Waals surface area contributed by atoms with Crippen molar-refractivity contribution in [2.24, 2.45) is 11.8 Å². The van der Waals surface area contributed by atoms with Crippen LogP contribution < -0.4 is 5.32 Å². The van der Waals surface area contributed by atoms with Crippen LogP contribution in [0.4, 0.5) is 0 Å². The monoisotopic (exact) mass is 273 g/mol. The molecule has 1 fully saturated rings. The van der Waals surface area contributed by atoms with Gasteiger partial charge in [0.25, 0.3) is 0 Å². The lowest BCUT2D eigenvalue weighted by Crippen LogP contribution is -2.31. The van der Waals surface area contributed by atoms with Crippen molar-refractivity contribution in [1.82, 2.24) is 5.32 Å². The Hall–Kier alpha value is -0.820. The van der Waals surface area contributed by atoms with E-state index in [2.05, 4.69) is 56.4 Å². The van der Waals surface area contributed by atoms with Gasteiger partial charge in [0.05, 0.1) is 0 Å². The Morgan fingerprint density at radius 1 is 1.00 bits per heavy atom. The zero-order chi connectivity index (χ0) is 14.4. The largest absolute Gasteiger partial charge is 0.313 e. The molecule has 1 nitrogen and oxygen atoms in total. The molecule has 2 rings (SSSR count). The second-order valence-corrected chi connectivity index (χ2v) is 6.93. The second-order valence-electron chi connectivity index (χ2n) is 6.93. The molecule has 1 aliphatic rings. The number of rotatable bonds is 5. The number of nitrogens with one attached hydrogen (secondary N) is 1. The highest BCUT2D eigenvalue weighted by Crippen LogP contribution is 2.29. The Bertz CT molecular complexity index is 371. The van der Waals surface area contributed by atoms with Crippen LogP contribution in [0, 0.1) is 11.8 Å². The van der Waals surface area contributed by atoms with E-state index in [0.29, 0.717) is 5.92 Å². The summed E-state index contributed by atoms with van der Waals surface area (Å²) in [7, 11) is 0. The lowest BCUT2D eigenvalue weighted by atomic mass is 9.89. The van der Waals surface area contributed by atoms with E-state index in [1.54, 1.807) is 0 Å². The van der Waals surface area contributed by atoms with Gasteiger partial charge in [0.1, 0.15) is 0 Å². The molecule has 0 aliphatic heterocycles. The van der Waals surface area contributed by atoms with Crippen LogP contribution in [0.2, 0.25) is 0 Å². The predicted molar refractivity (Wildman–Crippen MR) is 88.1 cm³/mol. The van der Waals surface area contributed by atoms with E-state index in [1.165, 1.54) is 37.7 Å². The van der Waals surface area contributed by atoms with Gasteiger partial charge in [0, 0.05) is 12.6 Å². The number of hydrogen-bond donors (Lipinski definition) is 1. The summed E-state index contributed by atoms with van der Waals surface area (Å²) >= 11 is 0. The molecule has 3 unspecified atom stereocenters. The van der Waals surface area contributed by atoms with Crippen LogP contribution >= 0.6 is 0 Å². The first-order valence-electron chi connectivity index (χ1n) is 8.45. The van der Waals surface area contributed by atoms with Gasteiger partial charge in [0.15, 0.2) is 0 Å². The van der Waals surface area contributed by atoms with Gasteiger partial charge >= 0.3 is 0 Å². The standard InChI is InChI=1S/C19H31N/c1-15(2)17-10-7-11-19(13-12-17)20-14-16(3)18-8-5-4-6-9-18/h4-6,8-9,15-17,19-20H,7,10-14H2,1-3H3. The van der Waals surface area contributed by atoms with Crippen molar-refractivity contribution in [1.29, 1.82) is 0 Å². The molecule has 1 heteroatoms. The first-order chi connectivity index (χ1) is 9.66. The first-order valence-corrected chi connectivity index (χ1v) is 8.45. The number of benzene rings is 1. The molecule has 3 atom stereocenters. The van der Waals surface area contributed by atoms with Crippen molar-refractivity contribution < 1.29 is 0 Å². The molecule has 0 amide bonds. The molecule has 1 saturated carbocycles. The summed E-state index contributed by atoms with van der Waals surface area (Å²) < 4.78 is 0. The van der Waals surface area contributed by atoms with Crippen molar-refractivity contribution >= 4 is 0 Å². The van der Waals surface area contributed by atoms with E-state index in [0.717, 1.165) is 24.4 Å². The van der Waals surface area contributed by atoms with Crippen LogP contribution in [0.1, 0.15) is 64.4 Å². The molecule has 1 N–H and O–H groups in total. The van der Waals surface area contributed by atoms with Crippen LogP contribution in [-0.2, 0) is 0 Å². The highest BCUT2D eigenvalue weighted by Gasteiger charge is 2.21. The molecule has 0 aromatic heterocycles. The average Bonchev–Trinajstić information content (AvgIpc) is 2.71. The topological polar surface area (TPSA) is 12.0 Å². The van der Waals surface area contributed by atoms with Crippen molar-refractivity contribution in [2.75, 3.05) is 6.54 Å². The third-order valence-electron chi connectivity index (χ3n) is 5.04. The minimum atomic E-state index is 0.611. The smallest absolute Gasteiger partial charge is 0.00674 e. The maximum absolute atomic E-state index is 3.82. The van der Waals surface area contributed by atoms with E-state index in [4.69, 9.17) is 0 Å². The summed E-state index contributed by atoms with van der Waals surface area (Å²) in [5, 5.41) is 3.82. The van der Waals surface area contributed by atoms with Gasteiger partial charge < -0.3 is 5.32 Å². The van der Waals surface area contributed by atoms with Crippen LogP contribution in [0.15, 0.2) is 30.3 Å². The summed E-state index contributed by atoms with van der Waals surface area (Å²) in [5.41, 5.74) is 1.45. The molecule has 112 valence electrons. The molecule has 20 heavy (non-hydrogen) atoms. The Balaban J connectivity index is 1.77. The summed E-state index contributed by atoms with van der Waals surface area (Å²) in [6.45, 7) is 8.21. The summed E-state index contributed by atoms with van der Waals surface area (Å²) in [6, 6.07) is 11.6. The normalized spacial score (nSPS) is 25.4. The molecule has 1 aromatic carbocycles. The molecular weight excluding hydrogens is 242 g/mol. The second kappa shape index (κ2) is 7.83. The highest BCUT2D eigenvalue weighted by molar-refractivity contribution is 5.18. The summed E-state index contributed by atoms with van der Waals surface area (Å²) in [4.78, 5) is 0. The van der Waals surface area contributed by atoms with Crippen molar-refractivity contribution in [3.05, 3.63) is 35.9 Å². The molecular formula is C19H31N. The lowest BCUT2D eigenvalue weighted by Gasteiger charge is -2.21. The first kappa shape index (κ1) is 15.6. The average molecular weight is 273 g/mol. The molecule has 0 saturated heterocycles. The fraction of sp³-hybridized carbons (Fsp3) is 0.684. The third-order valence-corrected chi connectivity index (χ3v) is 5.04. The van der Waals surface area contributed by atoms with Gasteiger partial charge in [-0.1, -0.05) is 63.9 Å². The van der Waals surface area contributed by atoms with Gasteiger partial charge in [-0.15, -0.1) is 0 Å². The van der Waals surface area contributed by atoms with E-state index in [1.807, 2.05) is 0 Å². The molecule has 0 bridgehead atoms. The summed E-state index contributed by atoms with van der Waals surface area (Å²) in [6.07, 6.45) is 6.98. The minimum Gasteiger partial charge on any atom is -0.313 e. The van der Waals surface area contributed by atoms with Crippen LogP contribution in [0.5, 0.6) is 0 Å². The zero-order valence-corrected chi connectivity index (χ0v) is 13.4. The zero-order valence-electron chi connectivity index (χ0n) is 13.4. The fourth-order valence-electron chi connectivity index (χ4n) is 3.44. The van der Waals surface area contributed by atoms with Crippen LogP contribution in [0.3, 0.4) is 0 Å². The quantitative estimate of drug-likeness (QED) is 0.746. The molecule has 1 aliphatic carbocycles. The fourth-order valence-corrected chi connectivity index (χ4v) is 3.44. The van der Waals surface area contributed by atoms with E-state index >= 15 is 0 Å². The van der Waals surface area contributed by atoms with Gasteiger partial charge in [-0.2, -0.15) is 0 Å². The van der Waals surface area contributed by atoms with Gasteiger partial charge in [-0.25, -0.2) is 0 Å². The van der Waals surface area contributed by atoms with Crippen molar-refractivity contribution in [3.63, 3.8) is 0 Å². The Morgan fingerprint density at radius 3 is 2.45 bits per heavy atom. The van der Waals surface area contributed by atoms with Crippen LogP contribution in [0.25, 0.3) is 0 Å². The van der Waals surface area contributed by atoms with E-state index < -0.39 is 0 Å². The highest BCUT2D eigenvalue weighted by atomic mass is 14.9. The molecule has 0 radical (unpaired) electrons.